The molecular weight excluding hydrogens is 284 g/mol. The van der Waals surface area contributed by atoms with Crippen LogP contribution in [0.2, 0.25) is 0 Å². The van der Waals surface area contributed by atoms with Gasteiger partial charge >= 0.3 is 0 Å². The fraction of sp³-hybridized carbons (Fsp3) is 0. The van der Waals surface area contributed by atoms with Crippen LogP contribution in [0.15, 0.2) is 53.9 Å². The number of hydrogen-bond acceptors (Lipinski definition) is 3. The highest BCUT2D eigenvalue weighted by Gasteiger charge is 2.13. The summed E-state index contributed by atoms with van der Waals surface area (Å²) in [6.45, 7) is 0. The van der Waals surface area contributed by atoms with Gasteiger partial charge in [0.05, 0.1) is 5.56 Å². The van der Waals surface area contributed by atoms with Crippen LogP contribution in [0.25, 0.3) is 10.8 Å². The number of nitrogens with two attached hydrogens (primary N) is 1. The van der Waals surface area contributed by atoms with Crippen molar-refractivity contribution >= 4 is 38.9 Å². The number of primary amides is 1. The molecule has 1 aromatic heterocycles. The molecule has 0 unspecified atom stereocenters. The van der Waals surface area contributed by atoms with Gasteiger partial charge in [-0.25, -0.2) is 0 Å². The zero-order valence-corrected chi connectivity index (χ0v) is 11.8. The summed E-state index contributed by atoms with van der Waals surface area (Å²) < 4.78 is 0. The zero-order valence-electron chi connectivity index (χ0n) is 11.0. The quantitative estimate of drug-likeness (QED) is 0.778. The summed E-state index contributed by atoms with van der Waals surface area (Å²) in [4.78, 5) is 23.5. The molecule has 0 aliphatic rings. The number of anilines is 1. The molecule has 4 nitrogen and oxygen atoms in total. The second-order valence-corrected chi connectivity index (χ2v) is 5.46. The lowest BCUT2D eigenvalue weighted by atomic mass is 10.1. The number of fused-ring (bicyclic) bond motifs is 1. The fourth-order valence-corrected chi connectivity index (χ4v) is 2.89. The Morgan fingerprint density at radius 1 is 1.00 bits per heavy atom. The Balaban J connectivity index is 1.90. The van der Waals surface area contributed by atoms with E-state index in [1.165, 1.54) is 11.3 Å². The van der Waals surface area contributed by atoms with Crippen LogP contribution in [0.1, 0.15) is 20.7 Å². The fourth-order valence-electron chi connectivity index (χ4n) is 2.11. The van der Waals surface area contributed by atoms with Gasteiger partial charge in [0, 0.05) is 5.56 Å². The first-order valence-electron chi connectivity index (χ1n) is 6.32. The van der Waals surface area contributed by atoms with Crippen LogP contribution in [-0.4, -0.2) is 11.8 Å². The standard InChI is InChI=1S/C16H12N2O2S/c17-14(19)13-7-8-21-16(13)18-15(20)12-6-5-10-3-1-2-4-11(10)9-12/h1-9H,(H2,17,19)(H,18,20). The summed E-state index contributed by atoms with van der Waals surface area (Å²) in [5.41, 5.74) is 6.13. The van der Waals surface area contributed by atoms with Crippen LogP contribution in [0.3, 0.4) is 0 Å². The summed E-state index contributed by atoms with van der Waals surface area (Å²) in [5.74, 6) is -0.809. The number of amides is 2. The van der Waals surface area contributed by atoms with Crippen molar-refractivity contribution in [3.8, 4) is 0 Å². The average molecular weight is 296 g/mol. The van der Waals surface area contributed by atoms with Gasteiger partial charge in [-0.05, 0) is 34.4 Å². The highest BCUT2D eigenvalue weighted by molar-refractivity contribution is 7.14. The Kier molecular flexibility index (Phi) is 3.41. The predicted octanol–water partition coefficient (Wildman–Crippen LogP) is 3.25. The third-order valence-corrected chi connectivity index (χ3v) is 4.00. The maximum Gasteiger partial charge on any atom is 0.256 e. The smallest absolute Gasteiger partial charge is 0.256 e. The third kappa shape index (κ3) is 2.64. The predicted molar refractivity (Wildman–Crippen MR) is 84.7 cm³/mol. The van der Waals surface area contributed by atoms with Crippen molar-refractivity contribution in [1.29, 1.82) is 0 Å². The number of carbonyl (C=O) groups is 2. The molecule has 3 rings (SSSR count). The molecule has 3 N–H and O–H groups in total. The van der Waals surface area contributed by atoms with Crippen LogP contribution < -0.4 is 11.1 Å². The van der Waals surface area contributed by atoms with Gasteiger partial charge in [-0.15, -0.1) is 11.3 Å². The van der Waals surface area contributed by atoms with Gasteiger partial charge in [0.15, 0.2) is 0 Å². The van der Waals surface area contributed by atoms with Crippen molar-refractivity contribution in [2.45, 2.75) is 0 Å². The van der Waals surface area contributed by atoms with E-state index in [2.05, 4.69) is 5.32 Å². The molecule has 0 spiro atoms. The molecule has 0 aliphatic heterocycles. The van der Waals surface area contributed by atoms with E-state index in [-0.39, 0.29) is 5.91 Å². The molecule has 0 saturated heterocycles. The number of hydrogen-bond donors (Lipinski definition) is 2. The second-order valence-electron chi connectivity index (χ2n) is 4.54. The highest BCUT2D eigenvalue weighted by Crippen LogP contribution is 2.24. The maximum atomic E-state index is 12.3. The zero-order chi connectivity index (χ0) is 14.8. The van der Waals surface area contributed by atoms with E-state index in [1.807, 2.05) is 36.4 Å². The molecule has 3 aromatic rings. The van der Waals surface area contributed by atoms with Crippen LogP contribution in [0, 0.1) is 0 Å². The molecule has 0 aliphatic carbocycles. The summed E-state index contributed by atoms with van der Waals surface area (Å²) in [6, 6.07) is 14.9. The minimum Gasteiger partial charge on any atom is -0.366 e. The Morgan fingerprint density at radius 2 is 1.76 bits per heavy atom. The lowest BCUT2D eigenvalue weighted by Gasteiger charge is -2.06. The van der Waals surface area contributed by atoms with Gasteiger partial charge < -0.3 is 11.1 Å². The Bertz CT molecular complexity index is 839. The van der Waals surface area contributed by atoms with E-state index in [4.69, 9.17) is 5.73 Å². The van der Waals surface area contributed by atoms with Gasteiger partial charge in [-0.3, -0.25) is 9.59 Å². The molecule has 104 valence electrons. The Hall–Kier alpha value is -2.66. The molecule has 0 atom stereocenters. The van der Waals surface area contributed by atoms with E-state index >= 15 is 0 Å². The molecule has 1 heterocycles. The van der Waals surface area contributed by atoms with E-state index in [0.29, 0.717) is 16.1 Å². The summed E-state index contributed by atoms with van der Waals surface area (Å²) in [6.07, 6.45) is 0. The molecule has 2 amide bonds. The number of carbonyl (C=O) groups excluding carboxylic acids is 2. The normalized spacial score (nSPS) is 10.5. The van der Waals surface area contributed by atoms with Gasteiger partial charge in [-0.2, -0.15) is 0 Å². The van der Waals surface area contributed by atoms with Gasteiger partial charge in [0.2, 0.25) is 0 Å². The lowest BCUT2D eigenvalue weighted by Crippen LogP contribution is -2.16. The third-order valence-electron chi connectivity index (χ3n) is 3.17. The van der Waals surface area contributed by atoms with Crippen LogP contribution in [0.5, 0.6) is 0 Å². The second kappa shape index (κ2) is 5.38. The molecule has 2 aromatic carbocycles. The minimum absolute atomic E-state index is 0.259. The molecule has 21 heavy (non-hydrogen) atoms. The van der Waals surface area contributed by atoms with Crippen molar-refractivity contribution in [3.63, 3.8) is 0 Å². The summed E-state index contributed by atoms with van der Waals surface area (Å²) >= 11 is 1.27. The van der Waals surface area contributed by atoms with Gasteiger partial charge in [-0.1, -0.05) is 30.3 Å². The summed E-state index contributed by atoms with van der Waals surface area (Å²) in [5, 5.41) is 6.99. The van der Waals surface area contributed by atoms with Crippen LogP contribution in [0.4, 0.5) is 5.00 Å². The van der Waals surface area contributed by atoms with Crippen LogP contribution >= 0.6 is 11.3 Å². The maximum absolute atomic E-state index is 12.3. The minimum atomic E-state index is -0.551. The first kappa shape index (κ1) is 13.3. The topological polar surface area (TPSA) is 72.2 Å². The molecule has 0 bridgehead atoms. The van der Waals surface area contributed by atoms with Crippen molar-refractivity contribution in [3.05, 3.63) is 65.0 Å². The monoisotopic (exact) mass is 296 g/mol. The number of nitrogens with one attached hydrogen (secondary N) is 1. The SMILES string of the molecule is NC(=O)c1ccsc1NC(=O)c1ccc2ccccc2c1. The molecular formula is C16H12N2O2S. The van der Waals surface area contributed by atoms with Gasteiger partial charge in [0.25, 0.3) is 11.8 Å². The average Bonchev–Trinajstić information content (AvgIpc) is 2.95. The molecule has 5 heteroatoms. The lowest BCUT2D eigenvalue weighted by molar-refractivity contribution is 0.100. The molecule has 0 saturated carbocycles. The molecule has 0 radical (unpaired) electrons. The Morgan fingerprint density at radius 3 is 2.52 bits per heavy atom. The van der Waals surface area contributed by atoms with E-state index in [9.17, 15) is 9.59 Å². The number of rotatable bonds is 3. The van der Waals surface area contributed by atoms with Crippen molar-refractivity contribution in [2.24, 2.45) is 5.73 Å². The van der Waals surface area contributed by atoms with Gasteiger partial charge in [0.1, 0.15) is 5.00 Å². The summed E-state index contributed by atoms with van der Waals surface area (Å²) in [7, 11) is 0. The Labute approximate surface area is 125 Å². The van der Waals surface area contributed by atoms with Crippen molar-refractivity contribution in [1.82, 2.24) is 0 Å². The van der Waals surface area contributed by atoms with E-state index in [1.54, 1.807) is 17.5 Å². The first-order valence-corrected chi connectivity index (χ1v) is 7.20. The first-order chi connectivity index (χ1) is 10.1. The highest BCUT2D eigenvalue weighted by atomic mass is 32.1. The van der Waals surface area contributed by atoms with Crippen molar-refractivity contribution in [2.75, 3.05) is 5.32 Å². The van der Waals surface area contributed by atoms with E-state index in [0.717, 1.165) is 10.8 Å². The van der Waals surface area contributed by atoms with Crippen molar-refractivity contribution < 1.29 is 9.59 Å². The largest absolute Gasteiger partial charge is 0.366 e. The number of thiophene rings is 1. The number of benzene rings is 2. The molecule has 0 fully saturated rings. The van der Waals surface area contributed by atoms with E-state index < -0.39 is 5.91 Å². The van der Waals surface area contributed by atoms with Crippen LogP contribution in [-0.2, 0) is 0 Å².